The Hall–Kier alpha value is -3.06. The molecule has 0 amide bonds. The first-order valence-corrected chi connectivity index (χ1v) is 10.4. The highest BCUT2D eigenvalue weighted by Crippen LogP contribution is 2.46. The van der Waals surface area contributed by atoms with E-state index in [0.717, 1.165) is 34.9 Å². The molecule has 1 aliphatic heterocycles. The summed E-state index contributed by atoms with van der Waals surface area (Å²) in [5, 5.41) is 22.0. The standard InChI is InChI=1S/C24H29N3O4/c1-15-8-6-9-19(16(15)2)24(28)10-7-11-27(14-24)23-17-12-20(29-3)22(31-5)21(30-4)18(17)13-25-26-23/h6,8-9,12-13,28H,7,10-11,14H2,1-5H3. The maximum absolute atomic E-state index is 11.7. The number of rotatable bonds is 5. The maximum atomic E-state index is 11.7. The fraction of sp³-hybridized carbons (Fsp3) is 0.417. The second kappa shape index (κ2) is 8.23. The lowest BCUT2D eigenvalue weighted by atomic mass is 9.82. The lowest BCUT2D eigenvalue weighted by molar-refractivity contribution is 0.0211. The molecule has 1 aromatic heterocycles. The van der Waals surface area contributed by atoms with Crippen LogP contribution in [0.3, 0.4) is 0 Å². The van der Waals surface area contributed by atoms with Crippen molar-refractivity contribution in [2.24, 2.45) is 0 Å². The number of piperidine rings is 1. The molecular formula is C24H29N3O4. The number of ether oxygens (including phenoxy) is 3. The first-order valence-electron chi connectivity index (χ1n) is 10.4. The van der Waals surface area contributed by atoms with E-state index in [-0.39, 0.29) is 0 Å². The highest BCUT2D eigenvalue weighted by molar-refractivity contribution is 5.99. The van der Waals surface area contributed by atoms with Crippen molar-refractivity contribution >= 4 is 16.6 Å². The topological polar surface area (TPSA) is 76.9 Å². The molecule has 4 rings (SSSR count). The van der Waals surface area contributed by atoms with Crippen LogP contribution in [0.2, 0.25) is 0 Å². The number of hydrogen-bond acceptors (Lipinski definition) is 7. The van der Waals surface area contributed by atoms with Crippen LogP contribution in [0.25, 0.3) is 10.8 Å². The Balaban J connectivity index is 1.82. The molecule has 7 heteroatoms. The zero-order chi connectivity index (χ0) is 22.2. The van der Waals surface area contributed by atoms with Crippen molar-refractivity contribution in [1.29, 1.82) is 0 Å². The lowest BCUT2D eigenvalue weighted by Gasteiger charge is -2.41. The van der Waals surface area contributed by atoms with Gasteiger partial charge in [0.25, 0.3) is 0 Å². The molecule has 7 nitrogen and oxygen atoms in total. The van der Waals surface area contributed by atoms with E-state index in [2.05, 4.69) is 35.0 Å². The van der Waals surface area contributed by atoms with Gasteiger partial charge in [-0.15, -0.1) is 5.10 Å². The molecule has 164 valence electrons. The van der Waals surface area contributed by atoms with Crippen LogP contribution in [0.1, 0.15) is 29.5 Å². The molecule has 2 aromatic carbocycles. The average molecular weight is 424 g/mol. The smallest absolute Gasteiger partial charge is 0.204 e. The number of aliphatic hydroxyl groups is 1. The van der Waals surface area contributed by atoms with Gasteiger partial charge in [0, 0.05) is 11.9 Å². The third kappa shape index (κ3) is 3.53. The van der Waals surface area contributed by atoms with Gasteiger partial charge in [-0.3, -0.25) is 0 Å². The van der Waals surface area contributed by atoms with Crippen LogP contribution in [-0.4, -0.2) is 49.7 Å². The SMILES string of the molecule is COc1cc2c(N3CCCC(O)(c4cccc(C)c4C)C3)nncc2c(OC)c1OC. The van der Waals surface area contributed by atoms with E-state index >= 15 is 0 Å². The van der Waals surface area contributed by atoms with Crippen LogP contribution >= 0.6 is 0 Å². The van der Waals surface area contributed by atoms with Crippen LogP contribution in [0.15, 0.2) is 30.5 Å². The second-order valence-corrected chi connectivity index (χ2v) is 8.08. The third-order valence-corrected chi connectivity index (χ3v) is 6.32. The molecule has 0 aliphatic carbocycles. The minimum absolute atomic E-state index is 0.432. The van der Waals surface area contributed by atoms with E-state index in [9.17, 15) is 5.11 Å². The molecule has 31 heavy (non-hydrogen) atoms. The van der Waals surface area contributed by atoms with Gasteiger partial charge in [0.2, 0.25) is 5.75 Å². The van der Waals surface area contributed by atoms with Crippen LogP contribution in [0, 0.1) is 13.8 Å². The van der Waals surface area contributed by atoms with Crippen molar-refractivity contribution in [1.82, 2.24) is 10.2 Å². The molecule has 1 unspecified atom stereocenters. The van der Waals surface area contributed by atoms with Crippen LogP contribution in [-0.2, 0) is 5.60 Å². The number of fused-ring (bicyclic) bond motifs is 1. The Morgan fingerprint density at radius 2 is 1.81 bits per heavy atom. The minimum atomic E-state index is -0.959. The Kier molecular flexibility index (Phi) is 5.62. The maximum Gasteiger partial charge on any atom is 0.204 e. The van der Waals surface area contributed by atoms with Gasteiger partial charge in [-0.1, -0.05) is 18.2 Å². The molecule has 0 bridgehead atoms. The van der Waals surface area contributed by atoms with Crippen LogP contribution < -0.4 is 19.1 Å². The van der Waals surface area contributed by atoms with E-state index < -0.39 is 5.60 Å². The molecule has 1 atom stereocenters. The van der Waals surface area contributed by atoms with E-state index in [1.165, 1.54) is 5.56 Å². The van der Waals surface area contributed by atoms with Crippen molar-refractivity contribution < 1.29 is 19.3 Å². The monoisotopic (exact) mass is 423 g/mol. The number of aromatic nitrogens is 2. The summed E-state index contributed by atoms with van der Waals surface area (Å²) in [6.07, 6.45) is 3.21. The molecule has 0 spiro atoms. The Morgan fingerprint density at radius 1 is 1.03 bits per heavy atom. The molecule has 1 N–H and O–H groups in total. The van der Waals surface area contributed by atoms with Gasteiger partial charge in [0.1, 0.15) is 5.60 Å². The number of aryl methyl sites for hydroxylation is 1. The Labute approximate surface area is 182 Å². The summed E-state index contributed by atoms with van der Waals surface area (Å²) < 4.78 is 16.7. The first kappa shape index (κ1) is 21.2. The van der Waals surface area contributed by atoms with Crippen molar-refractivity contribution in [2.75, 3.05) is 39.3 Å². The Bertz CT molecular complexity index is 1120. The summed E-state index contributed by atoms with van der Waals surface area (Å²) in [5.41, 5.74) is 2.32. The van der Waals surface area contributed by atoms with Crippen LogP contribution in [0.5, 0.6) is 17.2 Å². The van der Waals surface area contributed by atoms with Gasteiger partial charge in [-0.25, -0.2) is 0 Å². The first-order chi connectivity index (χ1) is 14.9. The summed E-state index contributed by atoms with van der Waals surface area (Å²) in [5.74, 6) is 2.32. The van der Waals surface area contributed by atoms with Crippen molar-refractivity contribution in [3.8, 4) is 17.2 Å². The number of methoxy groups -OCH3 is 3. The highest BCUT2D eigenvalue weighted by Gasteiger charge is 2.37. The fourth-order valence-corrected chi connectivity index (χ4v) is 4.61. The molecule has 1 saturated heterocycles. The summed E-state index contributed by atoms with van der Waals surface area (Å²) in [6, 6.07) is 8.00. The van der Waals surface area contributed by atoms with Crippen molar-refractivity contribution in [3.05, 3.63) is 47.2 Å². The summed E-state index contributed by atoms with van der Waals surface area (Å²) in [6.45, 7) is 5.35. The molecule has 1 fully saturated rings. The minimum Gasteiger partial charge on any atom is -0.493 e. The molecule has 3 aromatic rings. The quantitative estimate of drug-likeness (QED) is 0.669. The largest absolute Gasteiger partial charge is 0.493 e. The number of anilines is 1. The third-order valence-electron chi connectivity index (χ3n) is 6.32. The molecule has 2 heterocycles. The van der Waals surface area contributed by atoms with Gasteiger partial charge >= 0.3 is 0 Å². The van der Waals surface area contributed by atoms with Gasteiger partial charge in [0.05, 0.1) is 39.5 Å². The normalized spacial score (nSPS) is 18.8. The van der Waals surface area contributed by atoms with Gasteiger partial charge in [0.15, 0.2) is 17.3 Å². The number of benzene rings is 2. The predicted molar refractivity (Wildman–Crippen MR) is 120 cm³/mol. The second-order valence-electron chi connectivity index (χ2n) is 8.08. The Morgan fingerprint density at radius 3 is 2.52 bits per heavy atom. The van der Waals surface area contributed by atoms with Gasteiger partial charge in [-0.2, -0.15) is 5.10 Å². The van der Waals surface area contributed by atoms with E-state index in [1.54, 1.807) is 27.5 Å². The van der Waals surface area contributed by atoms with E-state index in [4.69, 9.17) is 14.2 Å². The molecule has 0 radical (unpaired) electrons. The molecule has 0 saturated carbocycles. The summed E-state index contributed by atoms with van der Waals surface area (Å²) in [7, 11) is 4.77. The number of nitrogens with zero attached hydrogens (tertiary/aromatic N) is 3. The van der Waals surface area contributed by atoms with Gasteiger partial charge < -0.3 is 24.2 Å². The molecule has 1 aliphatic rings. The highest BCUT2D eigenvalue weighted by atomic mass is 16.5. The van der Waals surface area contributed by atoms with E-state index in [1.807, 2.05) is 18.2 Å². The van der Waals surface area contributed by atoms with Crippen molar-refractivity contribution in [2.45, 2.75) is 32.3 Å². The number of hydrogen-bond donors (Lipinski definition) is 1. The number of β-amino-alcohol motifs (C(OH)–C–C–N with tert-alkyl or cyclic N) is 1. The lowest BCUT2D eigenvalue weighted by Crippen LogP contribution is -2.47. The zero-order valence-electron chi connectivity index (χ0n) is 18.7. The average Bonchev–Trinajstić information content (AvgIpc) is 2.78. The van der Waals surface area contributed by atoms with Gasteiger partial charge in [-0.05, 0) is 49.4 Å². The van der Waals surface area contributed by atoms with Crippen molar-refractivity contribution in [3.63, 3.8) is 0 Å². The summed E-state index contributed by atoms with van der Waals surface area (Å²) >= 11 is 0. The predicted octanol–water partition coefficient (Wildman–Crippen LogP) is 3.76. The zero-order valence-corrected chi connectivity index (χ0v) is 18.7. The van der Waals surface area contributed by atoms with Crippen LogP contribution in [0.4, 0.5) is 5.82 Å². The van der Waals surface area contributed by atoms with E-state index in [0.29, 0.717) is 36.0 Å². The summed E-state index contributed by atoms with van der Waals surface area (Å²) in [4.78, 5) is 2.10. The molecular weight excluding hydrogens is 394 g/mol. The fourth-order valence-electron chi connectivity index (χ4n) is 4.61.